The van der Waals surface area contributed by atoms with Gasteiger partial charge in [-0.1, -0.05) is 18.2 Å². The summed E-state index contributed by atoms with van der Waals surface area (Å²) in [4.78, 5) is 107. The average molecular weight is 1890 g/mol. The summed E-state index contributed by atoms with van der Waals surface area (Å²) < 4.78 is 66.9. The number of aromatic nitrogens is 12. The van der Waals surface area contributed by atoms with E-state index in [2.05, 4.69) is 101 Å². The van der Waals surface area contributed by atoms with E-state index >= 15 is 0 Å². The number of hydrogen-bond donors (Lipinski definition) is 5. The molecule has 0 saturated carbocycles. The van der Waals surface area contributed by atoms with Crippen LogP contribution < -0.4 is 93.1 Å². The molecule has 35 heteroatoms. The van der Waals surface area contributed by atoms with Crippen molar-refractivity contribution in [2.24, 2.45) is 5.92 Å². The first-order valence-electron chi connectivity index (χ1n) is 45.7. The van der Waals surface area contributed by atoms with Gasteiger partial charge in [0.15, 0.2) is 34.7 Å². The number of fused-ring (bicyclic) bond motifs is 7. The molecule has 0 radical (unpaired) electrons. The van der Waals surface area contributed by atoms with Gasteiger partial charge in [-0.2, -0.15) is 0 Å². The van der Waals surface area contributed by atoms with E-state index in [1.807, 2.05) is 126 Å². The van der Waals surface area contributed by atoms with Crippen LogP contribution in [0.5, 0.6) is 17.2 Å². The molecule has 5 saturated heterocycles. The van der Waals surface area contributed by atoms with Gasteiger partial charge in [-0.25, -0.2) is 48.1 Å². The zero-order valence-corrected chi connectivity index (χ0v) is 78.8. The Morgan fingerprint density at radius 3 is 1.15 bits per heavy atom. The van der Waals surface area contributed by atoms with Gasteiger partial charge in [0, 0.05) is 194 Å². The number of piperidine rings is 1. The Balaban J connectivity index is 0.000000114. The van der Waals surface area contributed by atoms with Crippen molar-refractivity contribution in [1.29, 1.82) is 0 Å². The lowest BCUT2D eigenvalue weighted by Gasteiger charge is -2.33. The van der Waals surface area contributed by atoms with Crippen molar-refractivity contribution in [2.45, 2.75) is 52.1 Å². The Labute approximate surface area is 794 Å². The van der Waals surface area contributed by atoms with E-state index in [1.165, 1.54) is 72.6 Å². The van der Waals surface area contributed by atoms with Gasteiger partial charge in [0.05, 0.1) is 97.3 Å². The van der Waals surface area contributed by atoms with Crippen molar-refractivity contribution in [3.8, 4) is 73.4 Å². The van der Waals surface area contributed by atoms with E-state index in [-0.39, 0.29) is 45.0 Å². The lowest BCUT2D eigenvalue weighted by atomic mass is 9.96. The highest BCUT2D eigenvalue weighted by atomic mass is 32.1. The van der Waals surface area contributed by atoms with E-state index in [9.17, 15) is 37.1 Å². The second-order valence-corrected chi connectivity index (χ2v) is 36.8. The van der Waals surface area contributed by atoms with Crippen molar-refractivity contribution >= 4 is 99.9 Å². The number of likely N-dealkylation sites (N-methyl/N-ethyl adjacent to an activating group) is 1. The molecule has 137 heavy (non-hydrogen) atoms. The second-order valence-electron chi connectivity index (χ2n) is 34.3. The number of piperazine rings is 3. The predicted molar refractivity (Wildman–Crippen MR) is 538 cm³/mol. The number of thiazole rings is 2. The number of halogens is 3. The van der Waals surface area contributed by atoms with Crippen LogP contribution in [0.2, 0.25) is 0 Å². The van der Waals surface area contributed by atoms with Gasteiger partial charge < -0.3 is 65.3 Å². The number of methoxy groups -OCH3 is 3. The Hall–Kier alpha value is -14.3. The maximum atomic E-state index is 14.0. The Morgan fingerprint density at radius 2 is 0.730 bits per heavy atom. The van der Waals surface area contributed by atoms with E-state index in [1.54, 1.807) is 90.6 Å². The number of nitrogens with zero attached hydrogens (tertiary/aromatic N) is 17. The molecule has 30 nitrogen and oxygen atoms in total. The highest BCUT2D eigenvalue weighted by molar-refractivity contribution is 7.18. The van der Waals surface area contributed by atoms with Crippen molar-refractivity contribution < 1.29 is 27.4 Å². The molecular weight excluding hydrogens is 1780 g/mol. The van der Waals surface area contributed by atoms with Gasteiger partial charge in [0.1, 0.15) is 34.1 Å². The number of rotatable bonds is 16. The number of nitrogens with one attached hydrogen (secondary N) is 5. The van der Waals surface area contributed by atoms with Crippen LogP contribution in [0.3, 0.4) is 0 Å². The fourth-order valence-electron chi connectivity index (χ4n) is 17.9. The molecule has 5 N–H and O–H groups in total. The molecule has 17 aromatic rings. The summed E-state index contributed by atoms with van der Waals surface area (Å²) in [6.45, 7) is 21.1. The molecule has 22 rings (SSSR count). The van der Waals surface area contributed by atoms with E-state index in [4.69, 9.17) is 24.2 Å². The van der Waals surface area contributed by atoms with Gasteiger partial charge in [-0.05, 0) is 211 Å². The summed E-state index contributed by atoms with van der Waals surface area (Å²) in [5.41, 5.74) is 15.0. The van der Waals surface area contributed by atoms with E-state index in [0.29, 0.717) is 91.5 Å². The van der Waals surface area contributed by atoms with Crippen LogP contribution in [0.1, 0.15) is 36.2 Å². The molecule has 0 spiro atoms. The molecule has 0 unspecified atom stereocenters. The first-order valence-corrected chi connectivity index (χ1v) is 47.4. The number of pyridine rings is 5. The van der Waals surface area contributed by atoms with Crippen LogP contribution in [0.25, 0.3) is 105 Å². The predicted octanol–water partition coefficient (Wildman–Crippen LogP) is 12.9. The molecule has 0 amide bonds. The molecule has 5 aliphatic heterocycles. The summed E-state index contributed by atoms with van der Waals surface area (Å²) >= 11 is 3.31. The summed E-state index contributed by atoms with van der Waals surface area (Å²) in [5, 5.41) is 18.7. The van der Waals surface area contributed by atoms with Crippen LogP contribution in [0.4, 0.5) is 41.7 Å². The molecule has 5 aliphatic rings. The number of hydrogen-bond acceptors (Lipinski definition) is 27. The molecule has 5 fully saturated rings. The standard InChI is InChI=1S/C22H25FN4O2.C21H21N5OS.C20H21FN4O2.C20H19N5OS.C19H19FN4O2/c1-24-13-15-7-9-26(10-8-15)17-4-6-21-25-19(12-22(28)27(21)14-17)16-3-5-20(29-2)18(23)11-16;1-13-11-25(8-7-22-13)16-4-6-20-24-18(10-21(27)26(20)12-16)15-3-5-17-19(9-15)28-14(2)23-17;1-22-14-7-8-24(11-14)15-4-6-19-23-17(10-20(26)25(19)12-15)13-3-5-18(27-2)16(21)9-13;1-13-22-16-4-2-14(10-18(16)27-13)17-11-20(26)25-12-15(3-5-19(25)23-17)24-8-6-21-7-9-24;1-26-16-4-2-13(10-15(16)20)14-3-5-17-22-18(11-19(25)24(17)12-14)23-8-6-21-7-9-23/h3-6,11-12,14-15,24H,7-10,13H2,1-2H3;3-6,9-10,12-13,22H,7-8,11H2,1-2H3;3-6,9-10,12,14,22H,7-8,11H2,1-2H3;2-5,10-12,21H,6-9H2,1H3;2-5,10-12,21H,6-9H2,1H3/t;13-;14-;;/m.00../s1. The van der Waals surface area contributed by atoms with Crippen LogP contribution >= 0.6 is 22.7 Å². The lowest BCUT2D eigenvalue weighted by Crippen LogP contribution is -2.49. The Kier molecular flexibility index (Phi) is 28.2. The van der Waals surface area contributed by atoms with Crippen LogP contribution in [0, 0.1) is 37.2 Å². The minimum Gasteiger partial charge on any atom is -0.494 e. The maximum absolute atomic E-state index is 14.0. The third-order valence-corrected chi connectivity index (χ3v) is 27.1. The number of ether oxygens (including phenoxy) is 3. The number of anilines is 5. The van der Waals surface area contributed by atoms with Gasteiger partial charge in [0.25, 0.3) is 27.8 Å². The third-order valence-electron chi connectivity index (χ3n) is 25.3. The second kappa shape index (κ2) is 41.5. The van der Waals surface area contributed by atoms with E-state index < -0.39 is 17.5 Å². The van der Waals surface area contributed by atoms with Gasteiger partial charge >= 0.3 is 0 Å². The molecule has 17 heterocycles. The monoisotopic (exact) mass is 1890 g/mol. The molecule has 0 aliphatic carbocycles. The smallest absolute Gasteiger partial charge is 0.259 e. The molecule has 2 atom stereocenters. The van der Waals surface area contributed by atoms with Gasteiger partial charge in [-0.15, -0.1) is 22.7 Å². The summed E-state index contributed by atoms with van der Waals surface area (Å²) in [7, 11) is 8.21. The SMILES string of the molecule is CNCC1CCN(c2ccc3nc(-c4ccc(OC)c(F)c4)cc(=O)n3c2)CC1.CN[C@H]1CCN(c2ccc3nc(-c4ccc(OC)c(F)c4)cc(=O)n3c2)C1.COc1ccc(-c2ccc3nc(N4CCNCC4)cc(=O)n3c2)cc1F.Cc1nc2ccc(-c3cc(=O)n4cc(N5CCNCC5)ccc4n3)cc2s1.Cc1nc2ccc(-c3cc(=O)n4cc(N5CCN[C@@H](C)C5)ccc4n3)cc2s1. The third kappa shape index (κ3) is 21.1. The van der Waals surface area contributed by atoms with Crippen LogP contribution in [-0.2, 0) is 0 Å². The Morgan fingerprint density at radius 1 is 0.372 bits per heavy atom. The highest BCUT2D eigenvalue weighted by Crippen LogP contribution is 2.34. The summed E-state index contributed by atoms with van der Waals surface area (Å²) in [5.74, 6) is 0.497. The van der Waals surface area contributed by atoms with Crippen molar-refractivity contribution in [3.05, 3.63) is 292 Å². The fraction of sp³-hybridized carbons (Fsp3) is 0.294. The largest absolute Gasteiger partial charge is 0.494 e. The van der Waals surface area contributed by atoms with Crippen molar-refractivity contribution in [3.63, 3.8) is 0 Å². The highest BCUT2D eigenvalue weighted by Gasteiger charge is 2.26. The molecular formula is C102H105F3N22O8S2. The topological polar surface area (TPSA) is 302 Å². The number of aryl methyl sites for hydroxylation is 2. The van der Waals surface area contributed by atoms with Crippen molar-refractivity contribution in [2.75, 3.05) is 165 Å². The zero-order chi connectivity index (χ0) is 95.1. The van der Waals surface area contributed by atoms with Crippen molar-refractivity contribution in [1.82, 2.24) is 83.5 Å². The van der Waals surface area contributed by atoms with Gasteiger partial charge in [-0.3, -0.25) is 46.0 Å². The molecule has 704 valence electrons. The molecule has 5 aromatic carbocycles. The first kappa shape index (κ1) is 93.1. The summed E-state index contributed by atoms with van der Waals surface area (Å²) in [6, 6.07) is 53.7. The first-order chi connectivity index (χ1) is 66.6. The van der Waals surface area contributed by atoms with Crippen LogP contribution in [0.15, 0.2) is 237 Å². The maximum Gasteiger partial charge on any atom is 0.259 e. The molecule has 12 aromatic heterocycles. The zero-order valence-electron chi connectivity index (χ0n) is 77.2. The fourth-order valence-corrected chi connectivity index (χ4v) is 19.7. The van der Waals surface area contributed by atoms with Gasteiger partial charge in [0.2, 0.25) is 0 Å². The minimum absolute atomic E-state index is 0.0624. The lowest BCUT2D eigenvalue weighted by molar-refractivity contribution is 0.386. The van der Waals surface area contributed by atoms with E-state index in [0.717, 1.165) is 194 Å². The quantitative estimate of drug-likeness (QED) is 0.0600. The van der Waals surface area contributed by atoms with Crippen LogP contribution in [-0.4, -0.2) is 209 Å². The summed E-state index contributed by atoms with van der Waals surface area (Å²) in [6.07, 6.45) is 12.5. The number of benzene rings is 5. The Bertz CT molecular complexity index is 7660. The average Bonchev–Trinajstić information content (AvgIpc) is 1.75. The minimum atomic E-state index is -0.486. The normalized spacial score (nSPS) is 15.8. The molecule has 0 bridgehead atoms.